The number of nitrogens with one attached hydrogen (secondary N) is 1. The summed E-state index contributed by atoms with van der Waals surface area (Å²) in [5.74, 6) is 0.784. The number of methoxy groups -OCH3 is 1. The van der Waals surface area contributed by atoms with Crippen molar-refractivity contribution in [3.05, 3.63) is 29.8 Å². The molecule has 0 saturated carbocycles. The van der Waals surface area contributed by atoms with Crippen LogP contribution < -0.4 is 10.1 Å². The van der Waals surface area contributed by atoms with Gasteiger partial charge < -0.3 is 33.7 Å². The van der Waals surface area contributed by atoms with E-state index in [1.807, 2.05) is 45.0 Å². The number of hydrogen-bond donors (Lipinski definition) is 1. The smallest absolute Gasteiger partial charge is 0.407 e. The molecule has 8 heteroatoms. The van der Waals surface area contributed by atoms with Gasteiger partial charge in [0.1, 0.15) is 18.0 Å². The van der Waals surface area contributed by atoms with E-state index in [1.54, 1.807) is 7.11 Å². The second-order valence-corrected chi connectivity index (χ2v) is 7.50. The number of rotatable bonds is 16. The molecule has 0 aliphatic heterocycles. The van der Waals surface area contributed by atoms with Gasteiger partial charge in [0.25, 0.3) is 0 Å². The molecule has 1 N–H and O–H groups in total. The van der Waals surface area contributed by atoms with Crippen LogP contribution in [0.4, 0.5) is 4.79 Å². The largest absolute Gasteiger partial charge is 0.491 e. The summed E-state index contributed by atoms with van der Waals surface area (Å²) in [5, 5.41) is 2.75. The van der Waals surface area contributed by atoms with Gasteiger partial charge in [0.15, 0.2) is 0 Å². The van der Waals surface area contributed by atoms with E-state index in [2.05, 4.69) is 5.32 Å². The molecule has 0 radical (unpaired) electrons. The maximum atomic E-state index is 11.6. The van der Waals surface area contributed by atoms with Gasteiger partial charge in [-0.25, -0.2) is 4.79 Å². The van der Waals surface area contributed by atoms with Gasteiger partial charge >= 0.3 is 6.09 Å². The standard InChI is InChI=1S/C22H37NO7/c1-22(2,3)30-21(24)23-10-9-19-5-7-20(8-6-19)29-18-17-28-16-15-27-14-13-26-12-11-25-4/h5-8H,9-18H2,1-4H3,(H,23,24). The van der Waals surface area contributed by atoms with Gasteiger partial charge in [-0.05, 0) is 44.9 Å². The van der Waals surface area contributed by atoms with E-state index < -0.39 is 11.7 Å². The minimum atomic E-state index is -0.487. The lowest BCUT2D eigenvalue weighted by Crippen LogP contribution is -2.33. The Morgan fingerprint density at radius 3 is 1.90 bits per heavy atom. The van der Waals surface area contributed by atoms with Gasteiger partial charge in [-0.2, -0.15) is 0 Å². The SMILES string of the molecule is COCCOCCOCCOCCOc1ccc(CCNC(=O)OC(C)(C)C)cc1. The third-order valence-corrected chi connectivity index (χ3v) is 3.68. The maximum Gasteiger partial charge on any atom is 0.407 e. The number of alkyl carbamates (subject to hydrolysis) is 1. The first-order valence-electron chi connectivity index (χ1n) is 10.3. The molecular formula is C22H37NO7. The fraction of sp³-hybridized carbons (Fsp3) is 0.682. The minimum absolute atomic E-state index is 0.400. The van der Waals surface area contributed by atoms with Gasteiger partial charge in [0, 0.05) is 13.7 Å². The zero-order valence-corrected chi connectivity index (χ0v) is 18.7. The molecule has 0 unspecified atom stereocenters. The Hall–Kier alpha value is -1.87. The second kappa shape index (κ2) is 15.9. The number of benzene rings is 1. The number of carbonyl (C=O) groups excluding carboxylic acids is 1. The number of hydrogen-bond acceptors (Lipinski definition) is 7. The molecule has 0 bridgehead atoms. The summed E-state index contributed by atoms with van der Waals surface area (Å²) in [7, 11) is 1.64. The fourth-order valence-corrected chi connectivity index (χ4v) is 2.28. The van der Waals surface area contributed by atoms with Crippen molar-refractivity contribution in [1.29, 1.82) is 0 Å². The summed E-state index contributed by atoms with van der Waals surface area (Å²) in [5.41, 5.74) is 0.622. The van der Waals surface area contributed by atoms with E-state index in [4.69, 9.17) is 28.4 Å². The van der Waals surface area contributed by atoms with Crippen LogP contribution in [0.2, 0.25) is 0 Å². The van der Waals surface area contributed by atoms with Gasteiger partial charge in [-0.3, -0.25) is 0 Å². The molecule has 172 valence electrons. The fourth-order valence-electron chi connectivity index (χ4n) is 2.28. The molecule has 0 aliphatic rings. The van der Waals surface area contributed by atoms with E-state index in [0.717, 1.165) is 17.7 Å². The molecule has 0 heterocycles. The highest BCUT2D eigenvalue weighted by Gasteiger charge is 2.15. The van der Waals surface area contributed by atoms with Crippen LogP contribution in [0.5, 0.6) is 5.75 Å². The molecule has 8 nitrogen and oxygen atoms in total. The molecule has 1 aromatic carbocycles. The first kappa shape index (κ1) is 26.2. The van der Waals surface area contributed by atoms with Gasteiger partial charge in [-0.1, -0.05) is 12.1 Å². The quantitative estimate of drug-likeness (QED) is 0.406. The van der Waals surface area contributed by atoms with Gasteiger partial charge in [-0.15, -0.1) is 0 Å². The summed E-state index contributed by atoms with van der Waals surface area (Å²) < 4.78 is 31.9. The highest BCUT2D eigenvalue weighted by atomic mass is 16.6. The summed E-state index contributed by atoms with van der Waals surface area (Å²) in [6.45, 7) is 10.3. The van der Waals surface area contributed by atoms with Gasteiger partial charge in [0.05, 0.1) is 46.2 Å². The lowest BCUT2D eigenvalue weighted by Gasteiger charge is -2.19. The summed E-state index contributed by atoms with van der Waals surface area (Å²) >= 11 is 0. The van der Waals surface area contributed by atoms with Crippen LogP contribution in [0.25, 0.3) is 0 Å². The van der Waals surface area contributed by atoms with Crippen molar-refractivity contribution in [2.24, 2.45) is 0 Å². The average molecular weight is 428 g/mol. The van der Waals surface area contributed by atoms with E-state index in [-0.39, 0.29) is 0 Å². The van der Waals surface area contributed by atoms with Crippen molar-refractivity contribution in [2.45, 2.75) is 32.8 Å². The minimum Gasteiger partial charge on any atom is -0.491 e. The molecule has 0 aliphatic carbocycles. The predicted molar refractivity (Wildman–Crippen MR) is 114 cm³/mol. The topological polar surface area (TPSA) is 84.5 Å². The summed E-state index contributed by atoms with van der Waals surface area (Å²) in [6, 6.07) is 7.79. The molecule has 0 spiro atoms. The van der Waals surface area contributed by atoms with Crippen LogP contribution >= 0.6 is 0 Å². The van der Waals surface area contributed by atoms with Crippen molar-refractivity contribution in [3.63, 3.8) is 0 Å². The Morgan fingerprint density at radius 2 is 1.37 bits per heavy atom. The molecule has 30 heavy (non-hydrogen) atoms. The highest BCUT2D eigenvalue weighted by molar-refractivity contribution is 5.67. The Morgan fingerprint density at radius 1 is 0.833 bits per heavy atom. The van der Waals surface area contributed by atoms with Crippen LogP contribution in [0.1, 0.15) is 26.3 Å². The van der Waals surface area contributed by atoms with Crippen molar-refractivity contribution in [3.8, 4) is 5.75 Å². The summed E-state index contributed by atoms with van der Waals surface area (Å²) in [6.07, 6.45) is 0.323. The van der Waals surface area contributed by atoms with E-state index in [0.29, 0.717) is 59.4 Å². The van der Waals surface area contributed by atoms with Crippen LogP contribution in [-0.4, -0.2) is 78.2 Å². The second-order valence-electron chi connectivity index (χ2n) is 7.50. The first-order valence-corrected chi connectivity index (χ1v) is 10.3. The van der Waals surface area contributed by atoms with Gasteiger partial charge in [0.2, 0.25) is 0 Å². The average Bonchev–Trinajstić information content (AvgIpc) is 2.68. The molecule has 0 atom stereocenters. The predicted octanol–water partition coefficient (Wildman–Crippen LogP) is 2.83. The molecule has 0 aromatic heterocycles. The van der Waals surface area contributed by atoms with Crippen LogP contribution in [0, 0.1) is 0 Å². The monoisotopic (exact) mass is 427 g/mol. The Labute approximate surface area is 180 Å². The Kier molecular flexibility index (Phi) is 13.9. The van der Waals surface area contributed by atoms with Crippen molar-refractivity contribution < 1.29 is 33.2 Å². The highest BCUT2D eigenvalue weighted by Crippen LogP contribution is 2.12. The molecular weight excluding hydrogens is 390 g/mol. The Balaban J connectivity index is 2.01. The molecule has 1 amide bonds. The molecule has 1 rings (SSSR count). The van der Waals surface area contributed by atoms with Crippen molar-refractivity contribution in [2.75, 3.05) is 66.5 Å². The maximum absolute atomic E-state index is 11.6. The molecule has 0 fully saturated rings. The van der Waals surface area contributed by atoms with E-state index in [1.165, 1.54) is 0 Å². The molecule has 0 saturated heterocycles. The third kappa shape index (κ3) is 15.0. The first-order chi connectivity index (χ1) is 14.4. The van der Waals surface area contributed by atoms with Crippen molar-refractivity contribution >= 4 is 6.09 Å². The van der Waals surface area contributed by atoms with E-state index in [9.17, 15) is 4.79 Å². The normalized spacial score (nSPS) is 11.3. The van der Waals surface area contributed by atoms with Crippen LogP contribution in [-0.2, 0) is 30.1 Å². The number of ether oxygens (including phenoxy) is 6. The van der Waals surface area contributed by atoms with Crippen molar-refractivity contribution in [1.82, 2.24) is 5.32 Å². The zero-order chi connectivity index (χ0) is 22.1. The number of carbonyl (C=O) groups is 1. The Bertz CT molecular complexity index is 558. The zero-order valence-electron chi connectivity index (χ0n) is 18.7. The van der Waals surface area contributed by atoms with Crippen LogP contribution in [0.15, 0.2) is 24.3 Å². The van der Waals surface area contributed by atoms with Crippen LogP contribution in [0.3, 0.4) is 0 Å². The molecule has 1 aromatic rings. The summed E-state index contributed by atoms with van der Waals surface area (Å²) in [4.78, 5) is 11.6. The third-order valence-electron chi connectivity index (χ3n) is 3.68. The van der Waals surface area contributed by atoms with E-state index >= 15 is 0 Å². The lowest BCUT2D eigenvalue weighted by atomic mass is 10.1. The number of amides is 1. The lowest BCUT2D eigenvalue weighted by molar-refractivity contribution is 0.000163.